The fourth-order valence-electron chi connectivity index (χ4n) is 1.45. The van der Waals surface area contributed by atoms with Gasteiger partial charge in [-0.2, -0.15) is 0 Å². The summed E-state index contributed by atoms with van der Waals surface area (Å²) in [6.45, 7) is 8.62. The van der Waals surface area contributed by atoms with E-state index in [0.717, 1.165) is 11.2 Å². The van der Waals surface area contributed by atoms with Gasteiger partial charge >= 0.3 is 0 Å². The molecule has 4 heteroatoms. The number of hydrogen-bond acceptors (Lipinski definition) is 3. The average molecular weight is 229 g/mol. The Morgan fingerprint density at radius 2 is 2.06 bits per heavy atom. The molecule has 0 spiro atoms. The summed E-state index contributed by atoms with van der Waals surface area (Å²) in [5, 5.41) is 2.84. The van der Waals surface area contributed by atoms with Crippen LogP contribution in [0.3, 0.4) is 0 Å². The topological polar surface area (TPSA) is 37.8 Å². The standard InChI is InChI=1S/C13H12FN3/c1-8-4-5-11-13(16-8)12(6-7-15-11)17-10(3)9(2)14/h4-7H,2-3H2,1H3,(H,15,17). The third kappa shape index (κ3) is 2.30. The van der Waals surface area contributed by atoms with Crippen LogP contribution in [0.2, 0.25) is 0 Å². The number of anilines is 1. The molecule has 2 aromatic rings. The first kappa shape index (κ1) is 11.3. The van der Waals surface area contributed by atoms with Gasteiger partial charge in [0.15, 0.2) is 0 Å². The van der Waals surface area contributed by atoms with E-state index in [-0.39, 0.29) is 5.70 Å². The Kier molecular flexibility index (Phi) is 2.87. The molecule has 0 saturated carbocycles. The first-order chi connectivity index (χ1) is 8.08. The van der Waals surface area contributed by atoms with E-state index in [9.17, 15) is 4.39 Å². The predicted octanol–water partition coefficient (Wildman–Crippen LogP) is 3.35. The van der Waals surface area contributed by atoms with Gasteiger partial charge in [-0.05, 0) is 25.1 Å². The molecule has 1 N–H and O–H groups in total. The summed E-state index contributed by atoms with van der Waals surface area (Å²) in [5.41, 5.74) is 3.11. The molecule has 2 rings (SSSR count). The maximum absolute atomic E-state index is 12.9. The number of hydrogen-bond donors (Lipinski definition) is 1. The first-order valence-corrected chi connectivity index (χ1v) is 5.11. The van der Waals surface area contributed by atoms with Crippen molar-refractivity contribution in [1.82, 2.24) is 9.97 Å². The van der Waals surface area contributed by atoms with E-state index in [1.165, 1.54) is 0 Å². The van der Waals surface area contributed by atoms with E-state index in [1.54, 1.807) is 12.3 Å². The van der Waals surface area contributed by atoms with Crippen LogP contribution < -0.4 is 5.32 Å². The summed E-state index contributed by atoms with van der Waals surface area (Å²) in [5.74, 6) is -0.595. The molecule has 0 saturated heterocycles. The second-order valence-electron chi connectivity index (χ2n) is 3.69. The Morgan fingerprint density at radius 1 is 1.29 bits per heavy atom. The van der Waals surface area contributed by atoms with Crippen molar-refractivity contribution in [2.45, 2.75) is 6.92 Å². The zero-order valence-corrected chi connectivity index (χ0v) is 9.50. The molecule has 3 nitrogen and oxygen atoms in total. The van der Waals surface area contributed by atoms with Crippen LogP contribution in [-0.4, -0.2) is 9.97 Å². The van der Waals surface area contributed by atoms with Crippen LogP contribution >= 0.6 is 0 Å². The number of aryl methyl sites for hydroxylation is 1. The van der Waals surface area contributed by atoms with Gasteiger partial charge in [0.1, 0.15) is 11.3 Å². The maximum atomic E-state index is 12.9. The summed E-state index contributed by atoms with van der Waals surface area (Å²) in [4.78, 5) is 8.56. The molecule has 0 aliphatic rings. The molecular weight excluding hydrogens is 217 g/mol. The van der Waals surface area contributed by atoms with Gasteiger partial charge in [0, 0.05) is 11.9 Å². The number of nitrogens with one attached hydrogen (secondary N) is 1. The highest BCUT2D eigenvalue weighted by atomic mass is 19.1. The number of rotatable bonds is 3. The van der Waals surface area contributed by atoms with Crippen LogP contribution in [0.4, 0.5) is 10.1 Å². The van der Waals surface area contributed by atoms with E-state index >= 15 is 0 Å². The number of aromatic nitrogens is 2. The normalized spacial score (nSPS) is 10.2. The van der Waals surface area contributed by atoms with Crippen molar-refractivity contribution in [1.29, 1.82) is 0 Å². The van der Waals surface area contributed by atoms with Crippen LogP contribution in [0.15, 0.2) is 49.1 Å². The molecule has 17 heavy (non-hydrogen) atoms. The summed E-state index contributed by atoms with van der Waals surface area (Å²) in [6.07, 6.45) is 1.63. The minimum atomic E-state index is -0.595. The van der Waals surface area contributed by atoms with E-state index < -0.39 is 5.83 Å². The number of halogens is 1. The van der Waals surface area contributed by atoms with Crippen molar-refractivity contribution in [2.75, 3.05) is 5.32 Å². The molecule has 0 amide bonds. The summed E-state index contributed by atoms with van der Waals surface area (Å²) >= 11 is 0. The molecule has 0 aliphatic heterocycles. The molecule has 2 aromatic heterocycles. The monoisotopic (exact) mass is 229 g/mol. The van der Waals surface area contributed by atoms with Crippen LogP contribution in [0, 0.1) is 6.92 Å². The highest BCUT2D eigenvalue weighted by Gasteiger charge is 2.06. The Balaban J connectivity index is 2.50. The molecule has 2 heterocycles. The van der Waals surface area contributed by atoms with Crippen molar-refractivity contribution in [3.8, 4) is 0 Å². The maximum Gasteiger partial charge on any atom is 0.138 e. The summed E-state index contributed by atoms with van der Waals surface area (Å²) in [7, 11) is 0. The minimum absolute atomic E-state index is 0.126. The molecule has 0 fully saturated rings. The smallest absolute Gasteiger partial charge is 0.138 e. The van der Waals surface area contributed by atoms with Crippen LogP contribution in [0.1, 0.15) is 5.69 Å². The lowest BCUT2D eigenvalue weighted by atomic mass is 10.2. The third-order valence-electron chi connectivity index (χ3n) is 2.34. The summed E-state index contributed by atoms with van der Waals surface area (Å²) < 4.78 is 12.9. The van der Waals surface area contributed by atoms with E-state index in [1.807, 2.05) is 19.1 Å². The Labute approximate surface area is 98.7 Å². The van der Waals surface area contributed by atoms with Gasteiger partial charge in [0.05, 0.1) is 16.9 Å². The predicted molar refractivity (Wildman–Crippen MR) is 67.3 cm³/mol. The van der Waals surface area contributed by atoms with Crippen LogP contribution in [0.25, 0.3) is 11.0 Å². The van der Waals surface area contributed by atoms with Gasteiger partial charge in [-0.3, -0.25) is 4.98 Å². The molecule has 0 bridgehead atoms. The van der Waals surface area contributed by atoms with Gasteiger partial charge in [-0.1, -0.05) is 13.2 Å². The average Bonchev–Trinajstić information content (AvgIpc) is 2.29. The fourth-order valence-corrected chi connectivity index (χ4v) is 1.45. The Bertz CT molecular complexity index is 605. The Hall–Kier alpha value is -2.23. The van der Waals surface area contributed by atoms with Crippen LogP contribution in [0.5, 0.6) is 0 Å². The van der Waals surface area contributed by atoms with Crippen molar-refractivity contribution in [3.63, 3.8) is 0 Å². The fraction of sp³-hybridized carbons (Fsp3) is 0.0769. The second kappa shape index (κ2) is 4.33. The van der Waals surface area contributed by atoms with Gasteiger partial charge in [0.2, 0.25) is 0 Å². The molecule has 0 aliphatic carbocycles. The van der Waals surface area contributed by atoms with E-state index in [4.69, 9.17) is 0 Å². The molecule has 0 atom stereocenters. The third-order valence-corrected chi connectivity index (χ3v) is 2.34. The van der Waals surface area contributed by atoms with Crippen LogP contribution in [-0.2, 0) is 0 Å². The van der Waals surface area contributed by atoms with E-state index in [2.05, 4.69) is 28.4 Å². The second-order valence-corrected chi connectivity index (χ2v) is 3.69. The van der Waals surface area contributed by atoms with Crippen molar-refractivity contribution < 1.29 is 4.39 Å². The van der Waals surface area contributed by atoms with Crippen molar-refractivity contribution >= 4 is 16.7 Å². The number of fused-ring (bicyclic) bond motifs is 1. The largest absolute Gasteiger partial charge is 0.352 e. The first-order valence-electron chi connectivity index (χ1n) is 5.11. The minimum Gasteiger partial charge on any atom is -0.352 e. The van der Waals surface area contributed by atoms with Crippen molar-refractivity contribution in [2.24, 2.45) is 0 Å². The van der Waals surface area contributed by atoms with Crippen molar-refractivity contribution in [3.05, 3.63) is 54.8 Å². The van der Waals surface area contributed by atoms with Gasteiger partial charge in [-0.25, -0.2) is 9.37 Å². The highest BCUT2D eigenvalue weighted by molar-refractivity contribution is 5.88. The molecule has 0 radical (unpaired) electrons. The summed E-state index contributed by atoms with van der Waals surface area (Å²) in [6, 6.07) is 5.47. The lowest BCUT2D eigenvalue weighted by Gasteiger charge is -2.09. The zero-order valence-electron chi connectivity index (χ0n) is 9.50. The van der Waals surface area contributed by atoms with Gasteiger partial charge in [0.25, 0.3) is 0 Å². The zero-order chi connectivity index (χ0) is 12.4. The molecule has 0 unspecified atom stereocenters. The Morgan fingerprint density at radius 3 is 2.76 bits per heavy atom. The number of allylic oxidation sites excluding steroid dienone is 1. The lowest BCUT2D eigenvalue weighted by Crippen LogP contribution is -2.00. The van der Waals surface area contributed by atoms with Gasteiger partial charge < -0.3 is 5.32 Å². The molecular formula is C13H12FN3. The SMILES string of the molecule is C=C(F)C(=C)Nc1ccnc2ccc(C)nc12. The quantitative estimate of drug-likeness (QED) is 0.820. The molecule has 0 aromatic carbocycles. The van der Waals surface area contributed by atoms with Gasteiger partial charge in [-0.15, -0.1) is 0 Å². The molecule has 86 valence electrons. The van der Waals surface area contributed by atoms with E-state index in [0.29, 0.717) is 11.2 Å². The lowest BCUT2D eigenvalue weighted by molar-refractivity contribution is 0.658. The highest BCUT2D eigenvalue weighted by Crippen LogP contribution is 2.22. The number of nitrogens with zero attached hydrogens (tertiary/aromatic N) is 2. The number of pyridine rings is 2.